The fourth-order valence-electron chi connectivity index (χ4n) is 2.65. The van der Waals surface area contributed by atoms with E-state index in [1.54, 1.807) is 0 Å². The molecule has 1 saturated heterocycles. The molecule has 1 aliphatic rings. The molecule has 20 heavy (non-hydrogen) atoms. The first-order chi connectivity index (χ1) is 9.60. The molecule has 1 fully saturated rings. The zero-order valence-electron chi connectivity index (χ0n) is 12.5. The Morgan fingerprint density at radius 1 is 1.50 bits per heavy atom. The summed E-state index contributed by atoms with van der Waals surface area (Å²) in [6, 6.07) is 3.01. The quantitative estimate of drug-likeness (QED) is 0.889. The van der Waals surface area contributed by atoms with E-state index in [2.05, 4.69) is 51.0 Å². The number of rotatable bonds is 5. The lowest BCUT2D eigenvalue weighted by Gasteiger charge is -2.39. The highest BCUT2D eigenvalue weighted by atomic mass is 79.9. The molecule has 1 aliphatic heterocycles. The third-order valence-corrected chi connectivity index (χ3v) is 4.33. The van der Waals surface area contributed by atoms with Gasteiger partial charge in [0.1, 0.15) is 0 Å². The average molecular weight is 342 g/mol. The molecule has 2 atom stereocenters. The zero-order chi connectivity index (χ0) is 14.5. The maximum atomic E-state index is 5.98. The second kappa shape index (κ2) is 7.50. The Labute approximate surface area is 130 Å². The molecule has 0 bridgehead atoms. The average Bonchev–Trinajstić information content (AvgIpc) is 2.45. The van der Waals surface area contributed by atoms with Gasteiger partial charge in [-0.15, -0.1) is 0 Å². The van der Waals surface area contributed by atoms with Crippen molar-refractivity contribution < 1.29 is 4.74 Å². The predicted molar refractivity (Wildman–Crippen MR) is 84.9 cm³/mol. The Balaban J connectivity index is 2.00. The topological polar surface area (TPSA) is 37.4 Å². The highest BCUT2D eigenvalue weighted by Gasteiger charge is 2.28. The van der Waals surface area contributed by atoms with Gasteiger partial charge in [-0.2, -0.15) is 0 Å². The first-order valence-corrected chi connectivity index (χ1v) is 8.01. The lowest BCUT2D eigenvalue weighted by atomic mass is 10.0. The highest BCUT2D eigenvalue weighted by Crippen LogP contribution is 2.16. The van der Waals surface area contributed by atoms with Crippen molar-refractivity contribution in [2.75, 3.05) is 26.7 Å². The van der Waals surface area contributed by atoms with Crippen molar-refractivity contribution in [1.29, 1.82) is 0 Å². The van der Waals surface area contributed by atoms with Gasteiger partial charge in [-0.3, -0.25) is 9.88 Å². The van der Waals surface area contributed by atoms with Crippen LogP contribution in [0.3, 0.4) is 0 Å². The van der Waals surface area contributed by atoms with Gasteiger partial charge in [0.25, 0.3) is 0 Å². The molecule has 1 aromatic rings. The minimum Gasteiger partial charge on any atom is -0.374 e. The Kier molecular flexibility index (Phi) is 5.96. The van der Waals surface area contributed by atoms with Crippen LogP contribution in [0, 0.1) is 0 Å². The van der Waals surface area contributed by atoms with Crippen molar-refractivity contribution in [3.8, 4) is 0 Å². The van der Waals surface area contributed by atoms with Gasteiger partial charge in [0, 0.05) is 42.0 Å². The minimum absolute atomic E-state index is 0.232. The highest BCUT2D eigenvalue weighted by molar-refractivity contribution is 9.10. The molecule has 4 nitrogen and oxygen atoms in total. The molecule has 0 radical (unpaired) electrons. The summed E-state index contributed by atoms with van der Waals surface area (Å²) in [5.41, 5.74) is 1.23. The van der Waals surface area contributed by atoms with E-state index in [9.17, 15) is 0 Å². The first-order valence-electron chi connectivity index (χ1n) is 7.22. The van der Waals surface area contributed by atoms with E-state index < -0.39 is 0 Å². The molecular weight excluding hydrogens is 318 g/mol. The SMILES string of the molecule is CNC(Cc1cncc(Br)c1)C1CN(C(C)C)CCO1. The maximum Gasteiger partial charge on any atom is 0.0858 e. The van der Waals surface area contributed by atoms with E-state index in [1.165, 1.54) is 5.56 Å². The van der Waals surface area contributed by atoms with Crippen LogP contribution < -0.4 is 5.32 Å². The number of halogens is 1. The lowest BCUT2D eigenvalue weighted by molar-refractivity contribution is -0.0542. The molecule has 5 heteroatoms. The summed E-state index contributed by atoms with van der Waals surface area (Å²) in [6.45, 7) is 7.33. The number of nitrogens with one attached hydrogen (secondary N) is 1. The molecule has 1 N–H and O–H groups in total. The monoisotopic (exact) mass is 341 g/mol. The third-order valence-electron chi connectivity index (χ3n) is 3.89. The Bertz CT molecular complexity index is 427. The number of nitrogens with zero attached hydrogens (tertiary/aromatic N) is 2. The minimum atomic E-state index is 0.232. The molecule has 2 rings (SSSR count). The molecule has 2 heterocycles. The van der Waals surface area contributed by atoms with Crippen LogP contribution in [0.5, 0.6) is 0 Å². The molecule has 2 unspecified atom stereocenters. The van der Waals surface area contributed by atoms with Crippen molar-refractivity contribution >= 4 is 15.9 Å². The van der Waals surface area contributed by atoms with Crippen molar-refractivity contribution in [1.82, 2.24) is 15.2 Å². The van der Waals surface area contributed by atoms with Gasteiger partial charge in [-0.1, -0.05) is 0 Å². The predicted octanol–water partition coefficient (Wildman–Crippen LogP) is 2.08. The summed E-state index contributed by atoms with van der Waals surface area (Å²) >= 11 is 3.48. The maximum absolute atomic E-state index is 5.98. The number of hydrogen-bond acceptors (Lipinski definition) is 4. The van der Waals surface area contributed by atoms with Crippen LogP contribution in [-0.2, 0) is 11.2 Å². The van der Waals surface area contributed by atoms with E-state index in [0.717, 1.165) is 30.6 Å². The van der Waals surface area contributed by atoms with Crippen molar-refractivity contribution in [3.63, 3.8) is 0 Å². The number of morpholine rings is 1. The number of hydrogen-bond donors (Lipinski definition) is 1. The summed E-state index contributed by atoms with van der Waals surface area (Å²) in [5.74, 6) is 0. The lowest BCUT2D eigenvalue weighted by Crippen LogP contribution is -2.53. The van der Waals surface area contributed by atoms with Crippen LogP contribution >= 0.6 is 15.9 Å². The normalized spacial score (nSPS) is 22.1. The van der Waals surface area contributed by atoms with Gasteiger partial charge >= 0.3 is 0 Å². The summed E-state index contributed by atoms with van der Waals surface area (Å²) in [6.07, 6.45) is 4.91. The molecule has 1 aromatic heterocycles. The van der Waals surface area contributed by atoms with Crippen molar-refractivity contribution in [3.05, 3.63) is 28.5 Å². The van der Waals surface area contributed by atoms with Crippen LogP contribution in [0.15, 0.2) is 22.9 Å². The summed E-state index contributed by atoms with van der Waals surface area (Å²) in [5, 5.41) is 3.40. The van der Waals surface area contributed by atoms with Gasteiger partial charge in [-0.05, 0) is 54.9 Å². The number of ether oxygens (including phenoxy) is 1. The van der Waals surface area contributed by atoms with Gasteiger partial charge in [0.05, 0.1) is 12.7 Å². The van der Waals surface area contributed by atoms with Crippen LogP contribution in [-0.4, -0.2) is 54.8 Å². The standard InChI is InChI=1S/C15H24BrN3O/c1-11(2)19-4-5-20-15(10-19)14(17-3)7-12-6-13(16)9-18-8-12/h6,8-9,11,14-15,17H,4-5,7,10H2,1-3H3. The van der Waals surface area contributed by atoms with Crippen LogP contribution in [0.2, 0.25) is 0 Å². The molecule has 0 saturated carbocycles. The van der Waals surface area contributed by atoms with Crippen LogP contribution in [0.25, 0.3) is 0 Å². The van der Waals surface area contributed by atoms with Crippen molar-refractivity contribution in [2.45, 2.75) is 38.5 Å². The van der Waals surface area contributed by atoms with E-state index >= 15 is 0 Å². The van der Waals surface area contributed by atoms with Crippen LogP contribution in [0.1, 0.15) is 19.4 Å². The second-order valence-electron chi connectivity index (χ2n) is 5.61. The molecule has 112 valence electrons. The Hall–Kier alpha value is -0.490. The first kappa shape index (κ1) is 15.9. The second-order valence-corrected chi connectivity index (χ2v) is 6.52. The molecular formula is C15H24BrN3O. The van der Waals surface area contributed by atoms with E-state index in [1.807, 2.05) is 19.4 Å². The molecule has 0 spiro atoms. The van der Waals surface area contributed by atoms with E-state index in [4.69, 9.17) is 4.74 Å². The number of likely N-dealkylation sites (N-methyl/N-ethyl adjacent to an activating group) is 1. The number of pyridine rings is 1. The van der Waals surface area contributed by atoms with E-state index in [0.29, 0.717) is 12.1 Å². The third kappa shape index (κ3) is 4.25. The fourth-order valence-corrected chi connectivity index (χ4v) is 3.06. The molecule has 0 aliphatic carbocycles. The Morgan fingerprint density at radius 2 is 2.30 bits per heavy atom. The molecule has 0 aromatic carbocycles. The summed E-state index contributed by atoms with van der Waals surface area (Å²) < 4.78 is 7.00. The number of aromatic nitrogens is 1. The van der Waals surface area contributed by atoms with Gasteiger partial charge < -0.3 is 10.1 Å². The van der Waals surface area contributed by atoms with Gasteiger partial charge in [0.15, 0.2) is 0 Å². The Morgan fingerprint density at radius 3 is 2.95 bits per heavy atom. The fraction of sp³-hybridized carbons (Fsp3) is 0.667. The van der Waals surface area contributed by atoms with Crippen LogP contribution in [0.4, 0.5) is 0 Å². The van der Waals surface area contributed by atoms with E-state index in [-0.39, 0.29) is 6.10 Å². The smallest absolute Gasteiger partial charge is 0.0858 e. The zero-order valence-corrected chi connectivity index (χ0v) is 14.1. The summed E-state index contributed by atoms with van der Waals surface area (Å²) in [7, 11) is 2.01. The van der Waals surface area contributed by atoms with Gasteiger partial charge in [0.2, 0.25) is 0 Å². The largest absolute Gasteiger partial charge is 0.374 e. The summed E-state index contributed by atoms with van der Waals surface area (Å²) in [4.78, 5) is 6.72. The van der Waals surface area contributed by atoms with Crippen molar-refractivity contribution in [2.24, 2.45) is 0 Å². The van der Waals surface area contributed by atoms with Gasteiger partial charge in [-0.25, -0.2) is 0 Å². The molecule has 0 amide bonds.